The van der Waals surface area contributed by atoms with Crippen LogP contribution in [0.25, 0.3) is 0 Å². The van der Waals surface area contributed by atoms with Crippen molar-refractivity contribution in [3.8, 4) is 0 Å². The van der Waals surface area contributed by atoms with Gasteiger partial charge in [-0.1, -0.05) is 0 Å². The van der Waals surface area contributed by atoms with Crippen molar-refractivity contribution in [2.45, 2.75) is 38.3 Å². The molecule has 0 aromatic rings. The lowest BCUT2D eigenvalue weighted by Gasteiger charge is -2.31. The fraction of sp³-hybridized carbons (Fsp3) is 0.800. The van der Waals surface area contributed by atoms with Crippen molar-refractivity contribution in [2.24, 2.45) is 0 Å². The van der Waals surface area contributed by atoms with E-state index < -0.39 is 49.6 Å². The number of esters is 2. The molecule has 18 heavy (non-hydrogen) atoms. The highest BCUT2D eigenvalue weighted by Crippen LogP contribution is 2.14. The van der Waals surface area contributed by atoms with Gasteiger partial charge in [0.15, 0.2) is 12.2 Å². The number of aliphatic hydroxyl groups excluding tert-OH is 4. The molecule has 0 bridgehead atoms. The van der Waals surface area contributed by atoms with E-state index in [1.807, 2.05) is 0 Å². The van der Waals surface area contributed by atoms with Gasteiger partial charge in [0.05, 0.1) is 13.2 Å². The Hall–Kier alpha value is -1.22. The fourth-order valence-electron chi connectivity index (χ4n) is 1.32. The molecule has 0 saturated heterocycles. The van der Waals surface area contributed by atoms with Gasteiger partial charge in [-0.15, -0.1) is 0 Å². The first kappa shape index (κ1) is 16.8. The molecule has 4 atom stereocenters. The van der Waals surface area contributed by atoms with Crippen LogP contribution in [0, 0.1) is 0 Å². The molecule has 8 heteroatoms. The van der Waals surface area contributed by atoms with Gasteiger partial charge >= 0.3 is 11.9 Å². The molecule has 0 radical (unpaired) electrons. The van der Waals surface area contributed by atoms with E-state index in [9.17, 15) is 19.8 Å². The van der Waals surface area contributed by atoms with E-state index in [4.69, 9.17) is 19.7 Å². The van der Waals surface area contributed by atoms with Gasteiger partial charge in [-0.25, -0.2) is 0 Å². The molecule has 4 N–H and O–H groups in total. The highest BCUT2D eigenvalue weighted by Gasteiger charge is 2.38. The zero-order valence-electron chi connectivity index (χ0n) is 10.1. The molecule has 0 rings (SSSR count). The molecule has 0 aromatic heterocycles. The van der Waals surface area contributed by atoms with Crippen molar-refractivity contribution in [3.05, 3.63) is 0 Å². The van der Waals surface area contributed by atoms with Gasteiger partial charge in [0, 0.05) is 13.8 Å². The number of ether oxygens (including phenoxy) is 2. The van der Waals surface area contributed by atoms with Crippen LogP contribution in [-0.2, 0) is 19.1 Å². The number of carbonyl (C=O) groups is 2. The highest BCUT2D eigenvalue weighted by molar-refractivity contribution is 5.67. The third kappa shape index (κ3) is 5.41. The summed E-state index contributed by atoms with van der Waals surface area (Å²) in [6.07, 6.45) is -6.06. The normalized spacial score (nSPS) is 17.4. The van der Waals surface area contributed by atoms with Crippen molar-refractivity contribution in [1.29, 1.82) is 0 Å². The summed E-state index contributed by atoms with van der Waals surface area (Å²) in [4.78, 5) is 21.8. The lowest BCUT2D eigenvalue weighted by atomic mass is 10.0. The molecule has 0 unspecified atom stereocenters. The number of hydrogen-bond donors (Lipinski definition) is 4. The van der Waals surface area contributed by atoms with E-state index in [-0.39, 0.29) is 0 Å². The van der Waals surface area contributed by atoms with E-state index >= 15 is 0 Å². The Kier molecular flexibility index (Phi) is 7.44. The summed E-state index contributed by atoms with van der Waals surface area (Å²) in [6, 6.07) is 0. The first-order valence-electron chi connectivity index (χ1n) is 5.25. The molecule has 0 spiro atoms. The maximum Gasteiger partial charge on any atom is 0.303 e. The van der Waals surface area contributed by atoms with Gasteiger partial charge in [0.25, 0.3) is 0 Å². The maximum atomic E-state index is 10.9. The molecular formula is C10H18O8. The van der Waals surface area contributed by atoms with Gasteiger partial charge < -0.3 is 29.9 Å². The molecule has 0 aliphatic carbocycles. The minimum Gasteiger partial charge on any atom is -0.456 e. The van der Waals surface area contributed by atoms with Gasteiger partial charge in [-0.2, -0.15) is 0 Å². The van der Waals surface area contributed by atoms with Crippen molar-refractivity contribution in [1.82, 2.24) is 0 Å². The Labute approximate surface area is 104 Å². The molecule has 0 aliphatic heterocycles. The van der Waals surface area contributed by atoms with Crippen molar-refractivity contribution < 1.29 is 39.5 Å². The third-order valence-corrected chi connectivity index (χ3v) is 2.06. The topological polar surface area (TPSA) is 134 Å². The molecule has 0 aliphatic rings. The molecule has 0 amide bonds. The summed E-state index contributed by atoms with van der Waals surface area (Å²) in [5.41, 5.74) is 0. The van der Waals surface area contributed by atoms with E-state index in [1.54, 1.807) is 0 Å². The maximum absolute atomic E-state index is 10.9. The molecule has 0 heterocycles. The summed E-state index contributed by atoms with van der Waals surface area (Å²) >= 11 is 0. The smallest absolute Gasteiger partial charge is 0.303 e. The van der Waals surface area contributed by atoms with Crippen LogP contribution in [-0.4, -0.2) is 70.0 Å². The fourth-order valence-corrected chi connectivity index (χ4v) is 1.32. The van der Waals surface area contributed by atoms with Crippen molar-refractivity contribution in [2.75, 3.05) is 13.2 Å². The van der Waals surface area contributed by atoms with E-state index in [0.717, 1.165) is 13.8 Å². The Morgan fingerprint density at radius 2 is 1.17 bits per heavy atom. The van der Waals surface area contributed by atoms with E-state index in [1.165, 1.54) is 0 Å². The Bertz CT molecular complexity index is 251. The van der Waals surface area contributed by atoms with Crippen LogP contribution < -0.4 is 0 Å². The quantitative estimate of drug-likeness (QED) is 0.373. The second-order valence-corrected chi connectivity index (χ2v) is 3.65. The van der Waals surface area contributed by atoms with Crippen LogP contribution in [0.3, 0.4) is 0 Å². The Morgan fingerprint density at radius 3 is 1.33 bits per heavy atom. The third-order valence-electron chi connectivity index (χ3n) is 2.06. The molecule has 0 fully saturated rings. The molecular weight excluding hydrogens is 248 g/mol. The lowest BCUT2D eigenvalue weighted by molar-refractivity contribution is -0.190. The van der Waals surface area contributed by atoms with E-state index in [0.29, 0.717) is 0 Å². The Balaban J connectivity index is 5.04. The molecule has 0 saturated carbocycles. The van der Waals surface area contributed by atoms with Crippen LogP contribution in [0.4, 0.5) is 0 Å². The second kappa shape index (κ2) is 7.98. The monoisotopic (exact) mass is 266 g/mol. The van der Waals surface area contributed by atoms with Crippen molar-refractivity contribution >= 4 is 11.9 Å². The first-order chi connectivity index (χ1) is 8.33. The standard InChI is InChI=1S/C10H18O8/c1-5(13)17-9(7(15)3-11)10(8(16)4-12)18-6(2)14/h7-12,15-16H,3-4H2,1-2H3/t7-,8+,9-,10-/m0/s1. The van der Waals surface area contributed by atoms with Crippen molar-refractivity contribution in [3.63, 3.8) is 0 Å². The minimum atomic E-state index is -1.56. The lowest BCUT2D eigenvalue weighted by Crippen LogP contribution is -2.51. The van der Waals surface area contributed by atoms with Crippen LogP contribution in [0.5, 0.6) is 0 Å². The predicted molar refractivity (Wildman–Crippen MR) is 57.3 cm³/mol. The molecule has 106 valence electrons. The molecule has 0 aromatic carbocycles. The van der Waals surface area contributed by atoms with Crippen LogP contribution >= 0.6 is 0 Å². The summed E-state index contributed by atoms with van der Waals surface area (Å²) in [7, 11) is 0. The number of rotatable bonds is 7. The zero-order chi connectivity index (χ0) is 14.3. The second-order valence-electron chi connectivity index (χ2n) is 3.65. The summed E-state index contributed by atoms with van der Waals surface area (Å²) in [5.74, 6) is -1.59. The largest absolute Gasteiger partial charge is 0.456 e. The van der Waals surface area contributed by atoms with Crippen LogP contribution in [0.15, 0.2) is 0 Å². The average molecular weight is 266 g/mol. The molecule has 8 nitrogen and oxygen atoms in total. The Morgan fingerprint density at radius 1 is 0.889 bits per heavy atom. The average Bonchev–Trinajstić information content (AvgIpc) is 2.30. The number of aliphatic hydroxyl groups is 4. The summed E-state index contributed by atoms with van der Waals surface area (Å²) < 4.78 is 9.38. The minimum absolute atomic E-state index is 0.770. The first-order valence-corrected chi connectivity index (χ1v) is 5.25. The van der Waals surface area contributed by atoms with Gasteiger partial charge in [0.2, 0.25) is 0 Å². The SMILES string of the molecule is CC(=O)O[C@H]([C@@H](OC(C)=O)[C@@H](O)CO)[C@H](O)CO. The number of hydrogen-bond acceptors (Lipinski definition) is 8. The highest BCUT2D eigenvalue weighted by atomic mass is 16.6. The summed E-state index contributed by atoms with van der Waals surface area (Å²) in [5, 5.41) is 36.6. The number of carbonyl (C=O) groups excluding carboxylic acids is 2. The van der Waals surface area contributed by atoms with Crippen LogP contribution in [0.2, 0.25) is 0 Å². The zero-order valence-corrected chi connectivity index (χ0v) is 10.1. The van der Waals surface area contributed by atoms with Gasteiger partial charge in [0.1, 0.15) is 12.2 Å². The van der Waals surface area contributed by atoms with Gasteiger partial charge in [-0.3, -0.25) is 9.59 Å². The van der Waals surface area contributed by atoms with Gasteiger partial charge in [-0.05, 0) is 0 Å². The summed E-state index contributed by atoms with van der Waals surface area (Å²) in [6.45, 7) is 0.558. The van der Waals surface area contributed by atoms with Crippen LogP contribution in [0.1, 0.15) is 13.8 Å². The van der Waals surface area contributed by atoms with E-state index in [2.05, 4.69) is 0 Å². The predicted octanol–water partition coefficient (Wildman–Crippen LogP) is -2.44.